The lowest BCUT2D eigenvalue weighted by atomic mass is 10.0. The maximum absolute atomic E-state index is 13.8. The second kappa shape index (κ2) is 12.3. The molecular formula is C28H34N4O4S. The van der Waals surface area contributed by atoms with Crippen molar-refractivity contribution in [1.29, 1.82) is 0 Å². The van der Waals surface area contributed by atoms with Crippen molar-refractivity contribution in [2.75, 3.05) is 38.2 Å². The summed E-state index contributed by atoms with van der Waals surface area (Å²) in [6.45, 7) is 3.48. The van der Waals surface area contributed by atoms with Gasteiger partial charge in [0.05, 0.1) is 25.2 Å². The van der Waals surface area contributed by atoms with E-state index in [1.54, 1.807) is 6.92 Å². The minimum atomic E-state index is -0.766. The number of thiophene rings is 1. The standard InChI is InChI=1S/C28H34N4O4S/c1-20(28(35)36-2)32(27-13-7-15-37-27)26(34)19-30(18-23-11-6-14-31(23)25(33)16-29)17-22-10-5-9-21-8-3-4-12-24(21)22/h3-5,7-10,12-13,15,20,23H,6,11,14,16-19,29H2,1-2H3/t20-,23-/m0/s1. The van der Waals surface area contributed by atoms with Crippen LogP contribution in [0.5, 0.6) is 0 Å². The molecule has 1 fully saturated rings. The average Bonchev–Trinajstić information content (AvgIpc) is 3.60. The first-order valence-electron chi connectivity index (χ1n) is 12.5. The predicted molar refractivity (Wildman–Crippen MR) is 146 cm³/mol. The molecule has 0 saturated carbocycles. The van der Waals surface area contributed by atoms with Gasteiger partial charge in [-0.3, -0.25) is 19.4 Å². The number of rotatable bonds is 10. The van der Waals surface area contributed by atoms with Gasteiger partial charge < -0.3 is 15.4 Å². The monoisotopic (exact) mass is 522 g/mol. The van der Waals surface area contributed by atoms with E-state index >= 15 is 0 Å². The Hall–Kier alpha value is -3.27. The van der Waals surface area contributed by atoms with Crippen molar-refractivity contribution < 1.29 is 19.1 Å². The van der Waals surface area contributed by atoms with Gasteiger partial charge in [0.25, 0.3) is 0 Å². The van der Waals surface area contributed by atoms with Crippen molar-refractivity contribution >= 4 is 44.9 Å². The first-order valence-corrected chi connectivity index (χ1v) is 13.4. The van der Waals surface area contributed by atoms with Crippen molar-refractivity contribution in [3.63, 3.8) is 0 Å². The third-order valence-corrected chi connectivity index (χ3v) is 7.78. The average molecular weight is 523 g/mol. The molecular weight excluding hydrogens is 488 g/mol. The van der Waals surface area contributed by atoms with Crippen LogP contribution in [0.2, 0.25) is 0 Å². The van der Waals surface area contributed by atoms with Crippen molar-refractivity contribution in [2.45, 2.75) is 38.4 Å². The maximum Gasteiger partial charge on any atom is 0.328 e. The Morgan fingerprint density at radius 1 is 1.14 bits per heavy atom. The molecule has 2 atom stereocenters. The molecule has 4 rings (SSSR count). The Morgan fingerprint density at radius 3 is 2.65 bits per heavy atom. The Labute approximate surface area is 221 Å². The number of carbonyl (C=O) groups excluding carboxylic acids is 3. The molecule has 196 valence electrons. The summed E-state index contributed by atoms with van der Waals surface area (Å²) in [5.74, 6) is -0.744. The number of amides is 2. The van der Waals surface area contributed by atoms with Crippen molar-refractivity contribution in [3.8, 4) is 0 Å². The number of hydrogen-bond donors (Lipinski definition) is 1. The molecule has 0 aliphatic carbocycles. The molecule has 2 amide bonds. The summed E-state index contributed by atoms with van der Waals surface area (Å²) in [4.78, 5) is 44.1. The summed E-state index contributed by atoms with van der Waals surface area (Å²) < 4.78 is 4.95. The third-order valence-electron chi connectivity index (χ3n) is 6.92. The van der Waals surface area contributed by atoms with Crippen LogP contribution in [0, 0.1) is 0 Å². The zero-order chi connectivity index (χ0) is 26.4. The number of nitrogens with two attached hydrogens (primary N) is 1. The van der Waals surface area contributed by atoms with Crippen LogP contribution in [0.3, 0.4) is 0 Å². The van der Waals surface area contributed by atoms with Gasteiger partial charge in [-0.15, -0.1) is 11.3 Å². The number of esters is 1. The first kappa shape index (κ1) is 26.8. The Kier molecular flexibility index (Phi) is 8.91. The van der Waals surface area contributed by atoms with Crippen LogP contribution < -0.4 is 10.6 Å². The van der Waals surface area contributed by atoms with Crippen LogP contribution >= 0.6 is 11.3 Å². The molecule has 37 heavy (non-hydrogen) atoms. The number of likely N-dealkylation sites (tertiary alicyclic amines) is 1. The van der Waals surface area contributed by atoms with E-state index in [0.29, 0.717) is 24.6 Å². The minimum Gasteiger partial charge on any atom is -0.467 e. The van der Waals surface area contributed by atoms with E-state index in [9.17, 15) is 14.4 Å². The molecule has 1 aliphatic heterocycles. The number of ether oxygens (including phenoxy) is 1. The number of hydrogen-bond acceptors (Lipinski definition) is 7. The van der Waals surface area contributed by atoms with Crippen LogP contribution in [-0.2, 0) is 25.7 Å². The number of nitrogens with zero attached hydrogens (tertiary/aromatic N) is 3. The Balaban J connectivity index is 1.63. The van der Waals surface area contributed by atoms with Gasteiger partial charge >= 0.3 is 5.97 Å². The molecule has 0 spiro atoms. The summed E-state index contributed by atoms with van der Waals surface area (Å²) in [5.41, 5.74) is 6.77. The molecule has 2 aromatic carbocycles. The Morgan fingerprint density at radius 2 is 1.92 bits per heavy atom. The van der Waals surface area contributed by atoms with Gasteiger partial charge in [-0.1, -0.05) is 42.5 Å². The van der Waals surface area contributed by atoms with E-state index < -0.39 is 12.0 Å². The molecule has 1 saturated heterocycles. The van der Waals surface area contributed by atoms with Gasteiger partial charge in [0.2, 0.25) is 11.8 Å². The van der Waals surface area contributed by atoms with E-state index in [-0.39, 0.29) is 30.9 Å². The van der Waals surface area contributed by atoms with Crippen LogP contribution in [-0.4, -0.2) is 73.0 Å². The molecule has 0 radical (unpaired) electrons. The van der Waals surface area contributed by atoms with Gasteiger partial charge in [-0.05, 0) is 53.6 Å². The molecule has 1 aliphatic rings. The third kappa shape index (κ3) is 6.18. The van der Waals surface area contributed by atoms with Gasteiger partial charge in [-0.25, -0.2) is 4.79 Å². The quantitative estimate of drug-likeness (QED) is 0.411. The number of fused-ring (bicyclic) bond motifs is 1. The lowest BCUT2D eigenvalue weighted by Crippen LogP contribution is -2.50. The van der Waals surface area contributed by atoms with E-state index in [0.717, 1.165) is 29.2 Å². The van der Waals surface area contributed by atoms with Crippen LogP contribution in [0.4, 0.5) is 5.00 Å². The van der Waals surface area contributed by atoms with E-state index in [4.69, 9.17) is 10.5 Å². The predicted octanol–water partition coefficient (Wildman–Crippen LogP) is 3.25. The van der Waals surface area contributed by atoms with Gasteiger partial charge in [-0.2, -0.15) is 0 Å². The highest BCUT2D eigenvalue weighted by Gasteiger charge is 2.33. The normalized spacial score (nSPS) is 16.2. The van der Waals surface area contributed by atoms with Gasteiger partial charge in [0, 0.05) is 25.7 Å². The lowest BCUT2D eigenvalue weighted by molar-refractivity contribution is -0.143. The summed E-state index contributed by atoms with van der Waals surface area (Å²) in [6, 6.07) is 17.2. The SMILES string of the molecule is COC(=O)[C@H](C)N(C(=O)CN(Cc1cccc2ccccc12)C[C@@H]1CCCN1C(=O)CN)c1cccs1. The topological polar surface area (TPSA) is 96.2 Å². The molecule has 0 bridgehead atoms. The Bertz CT molecular complexity index is 1230. The molecule has 1 aromatic heterocycles. The fraction of sp³-hybridized carbons (Fsp3) is 0.393. The molecule has 2 N–H and O–H groups in total. The zero-order valence-electron chi connectivity index (χ0n) is 21.3. The maximum atomic E-state index is 13.8. The second-order valence-corrected chi connectivity index (χ2v) is 10.2. The second-order valence-electron chi connectivity index (χ2n) is 9.31. The van der Waals surface area contributed by atoms with Gasteiger partial charge in [0.15, 0.2) is 0 Å². The minimum absolute atomic E-state index is 0.0213. The van der Waals surface area contributed by atoms with E-state index in [2.05, 4.69) is 29.2 Å². The molecule has 9 heteroatoms. The van der Waals surface area contributed by atoms with Crippen LogP contribution in [0.25, 0.3) is 10.8 Å². The smallest absolute Gasteiger partial charge is 0.328 e. The van der Waals surface area contributed by atoms with Crippen molar-refractivity contribution in [2.24, 2.45) is 5.73 Å². The van der Waals surface area contributed by atoms with Gasteiger partial charge in [0.1, 0.15) is 6.04 Å². The lowest BCUT2D eigenvalue weighted by Gasteiger charge is -2.33. The molecule has 8 nitrogen and oxygen atoms in total. The number of anilines is 1. The summed E-state index contributed by atoms with van der Waals surface area (Å²) in [6.07, 6.45) is 1.77. The number of carbonyl (C=O) groups is 3. The summed E-state index contributed by atoms with van der Waals surface area (Å²) in [7, 11) is 1.33. The summed E-state index contributed by atoms with van der Waals surface area (Å²) >= 11 is 1.40. The number of methoxy groups -OCH3 is 1. The fourth-order valence-electron chi connectivity index (χ4n) is 5.11. The zero-order valence-corrected chi connectivity index (χ0v) is 22.2. The highest BCUT2D eigenvalue weighted by molar-refractivity contribution is 7.14. The largest absolute Gasteiger partial charge is 0.467 e. The molecule has 2 heterocycles. The fourth-order valence-corrected chi connectivity index (χ4v) is 5.93. The van der Waals surface area contributed by atoms with E-state index in [1.165, 1.54) is 23.3 Å². The van der Waals surface area contributed by atoms with Crippen molar-refractivity contribution in [3.05, 3.63) is 65.5 Å². The van der Waals surface area contributed by atoms with Crippen LogP contribution in [0.1, 0.15) is 25.3 Å². The first-order chi connectivity index (χ1) is 17.9. The highest BCUT2D eigenvalue weighted by atomic mass is 32.1. The molecule has 0 unspecified atom stereocenters. The van der Waals surface area contributed by atoms with Crippen molar-refractivity contribution in [1.82, 2.24) is 9.80 Å². The number of benzene rings is 2. The van der Waals surface area contributed by atoms with Crippen LogP contribution in [0.15, 0.2) is 60.0 Å². The van der Waals surface area contributed by atoms with E-state index in [1.807, 2.05) is 40.6 Å². The molecule has 3 aromatic rings. The summed E-state index contributed by atoms with van der Waals surface area (Å²) in [5, 5.41) is 4.82. The highest BCUT2D eigenvalue weighted by Crippen LogP contribution is 2.26.